The van der Waals surface area contributed by atoms with Gasteiger partial charge in [-0.15, -0.1) is 0 Å². The molecule has 100 valence electrons. The number of rotatable bonds is 4. The molecule has 0 unspecified atom stereocenters. The minimum atomic E-state index is -0.513. The molecule has 2 rings (SSSR count). The molecule has 0 aliphatic rings. The average Bonchev–Trinajstić information content (AvgIpc) is 2.39. The SMILES string of the molecule is CCCc1c(Cl)ncnc1Nc1cccc(Cl)c1F. The van der Waals surface area contributed by atoms with Gasteiger partial charge in [-0.1, -0.05) is 42.6 Å². The molecule has 0 aliphatic heterocycles. The lowest BCUT2D eigenvalue weighted by Crippen LogP contribution is -2.03. The second-order valence-electron chi connectivity index (χ2n) is 3.97. The van der Waals surface area contributed by atoms with Crippen LogP contribution in [0.3, 0.4) is 0 Å². The first kappa shape index (κ1) is 14.0. The molecule has 1 heterocycles. The predicted octanol–water partition coefficient (Wildman–Crippen LogP) is 4.62. The molecule has 19 heavy (non-hydrogen) atoms. The van der Waals surface area contributed by atoms with Crippen molar-refractivity contribution in [1.82, 2.24) is 9.97 Å². The van der Waals surface area contributed by atoms with E-state index in [0.29, 0.717) is 17.4 Å². The van der Waals surface area contributed by atoms with Crippen LogP contribution in [0.2, 0.25) is 10.2 Å². The second kappa shape index (κ2) is 6.17. The van der Waals surface area contributed by atoms with E-state index in [0.717, 1.165) is 12.0 Å². The molecule has 0 saturated heterocycles. The van der Waals surface area contributed by atoms with Crippen molar-refractivity contribution in [2.45, 2.75) is 19.8 Å². The number of benzene rings is 1. The summed E-state index contributed by atoms with van der Waals surface area (Å²) in [6, 6.07) is 4.74. The maximum Gasteiger partial charge on any atom is 0.165 e. The Morgan fingerprint density at radius 1 is 1.26 bits per heavy atom. The van der Waals surface area contributed by atoms with E-state index in [9.17, 15) is 4.39 Å². The Labute approximate surface area is 120 Å². The van der Waals surface area contributed by atoms with E-state index in [4.69, 9.17) is 23.2 Å². The number of hydrogen-bond donors (Lipinski definition) is 1. The van der Waals surface area contributed by atoms with Crippen molar-refractivity contribution in [1.29, 1.82) is 0 Å². The van der Waals surface area contributed by atoms with E-state index in [1.165, 1.54) is 12.4 Å². The number of nitrogens with one attached hydrogen (secondary N) is 1. The third-order valence-electron chi connectivity index (χ3n) is 2.60. The van der Waals surface area contributed by atoms with Crippen molar-refractivity contribution in [3.63, 3.8) is 0 Å². The molecule has 0 spiro atoms. The summed E-state index contributed by atoms with van der Waals surface area (Å²) in [7, 11) is 0. The van der Waals surface area contributed by atoms with Gasteiger partial charge in [-0.05, 0) is 18.6 Å². The highest BCUT2D eigenvalue weighted by Gasteiger charge is 2.12. The highest BCUT2D eigenvalue weighted by molar-refractivity contribution is 6.31. The van der Waals surface area contributed by atoms with Crippen LogP contribution in [0.25, 0.3) is 0 Å². The van der Waals surface area contributed by atoms with E-state index in [1.54, 1.807) is 12.1 Å². The molecule has 3 nitrogen and oxygen atoms in total. The fraction of sp³-hybridized carbons (Fsp3) is 0.231. The maximum atomic E-state index is 13.8. The molecule has 0 saturated carbocycles. The maximum absolute atomic E-state index is 13.8. The first-order valence-electron chi connectivity index (χ1n) is 5.84. The molecule has 2 aromatic rings. The van der Waals surface area contributed by atoms with Crippen molar-refractivity contribution in [3.05, 3.63) is 46.1 Å². The molecule has 6 heteroatoms. The Kier molecular flexibility index (Phi) is 4.56. The van der Waals surface area contributed by atoms with Crippen molar-refractivity contribution in [2.24, 2.45) is 0 Å². The molecule has 0 radical (unpaired) electrons. The zero-order chi connectivity index (χ0) is 13.8. The summed E-state index contributed by atoms with van der Waals surface area (Å²) in [6.45, 7) is 2.02. The van der Waals surface area contributed by atoms with Gasteiger partial charge in [0.2, 0.25) is 0 Å². The molecule has 0 fully saturated rings. The first-order valence-corrected chi connectivity index (χ1v) is 6.59. The van der Waals surface area contributed by atoms with E-state index in [1.807, 2.05) is 6.92 Å². The van der Waals surface area contributed by atoms with Crippen LogP contribution in [-0.2, 0) is 6.42 Å². The smallest absolute Gasteiger partial charge is 0.165 e. The highest BCUT2D eigenvalue weighted by Crippen LogP contribution is 2.28. The number of anilines is 2. The van der Waals surface area contributed by atoms with Crippen LogP contribution in [0.1, 0.15) is 18.9 Å². The Balaban J connectivity index is 2.38. The van der Waals surface area contributed by atoms with Crippen molar-refractivity contribution in [3.8, 4) is 0 Å². The summed E-state index contributed by atoms with van der Waals surface area (Å²) in [4.78, 5) is 8.04. The molecule has 1 aromatic carbocycles. The van der Waals surface area contributed by atoms with Crippen LogP contribution < -0.4 is 5.32 Å². The highest BCUT2D eigenvalue weighted by atomic mass is 35.5. The first-order chi connectivity index (χ1) is 9.13. The molecule has 0 aliphatic carbocycles. The average molecular weight is 300 g/mol. The van der Waals surface area contributed by atoms with Gasteiger partial charge in [-0.25, -0.2) is 14.4 Å². The minimum absolute atomic E-state index is 0.0576. The normalized spacial score (nSPS) is 10.5. The fourth-order valence-corrected chi connectivity index (χ4v) is 2.10. The summed E-state index contributed by atoms with van der Waals surface area (Å²) < 4.78 is 13.8. The second-order valence-corrected chi connectivity index (χ2v) is 4.73. The van der Waals surface area contributed by atoms with Crippen LogP contribution in [0.5, 0.6) is 0 Å². The number of nitrogens with zero attached hydrogens (tertiary/aromatic N) is 2. The summed E-state index contributed by atoms with van der Waals surface area (Å²) in [5, 5.41) is 3.35. The summed E-state index contributed by atoms with van der Waals surface area (Å²) >= 11 is 11.8. The zero-order valence-electron chi connectivity index (χ0n) is 10.3. The van der Waals surface area contributed by atoms with E-state index < -0.39 is 5.82 Å². The van der Waals surface area contributed by atoms with Gasteiger partial charge in [0, 0.05) is 5.56 Å². The number of aromatic nitrogens is 2. The van der Waals surface area contributed by atoms with Crippen LogP contribution >= 0.6 is 23.2 Å². The molecular formula is C13H12Cl2FN3. The quantitative estimate of drug-likeness (QED) is 0.837. The lowest BCUT2D eigenvalue weighted by Gasteiger charge is -2.12. The van der Waals surface area contributed by atoms with Gasteiger partial charge < -0.3 is 5.32 Å². The predicted molar refractivity (Wildman–Crippen MR) is 75.7 cm³/mol. The Morgan fingerprint density at radius 3 is 2.79 bits per heavy atom. The Morgan fingerprint density at radius 2 is 2.05 bits per heavy atom. The van der Waals surface area contributed by atoms with Crippen LogP contribution in [-0.4, -0.2) is 9.97 Å². The Bertz CT molecular complexity index is 590. The monoisotopic (exact) mass is 299 g/mol. The zero-order valence-corrected chi connectivity index (χ0v) is 11.8. The van der Waals surface area contributed by atoms with Crippen molar-refractivity contribution < 1.29 is 4.39 Å². The van der Waals surface area contributed by atoms with Crippen molar-refractivity contribution in [2.75, 3.05) is 5.32 Å². The van der Waals surface area contributed by atoms with Gasteiger partial charge in [0.1, 0.15) is 17.3 Å². The molecular weight excluding hydrogens is 288 g/mol. The lowest BCUT2D eigenvalue weighted by molar-refractivity contribution is 0.632. The third kappa shape index (κ3) is 3.14. The van der Waals surface area contributed by atoms with Gasteiger partial charge >= 0.3 is 0 Å². The Hall–Kier alpha value is -1.39. The van der Waals surface area contributed by atoms with Gasteiger partial charge in [0.15, 0.2) is 5.82 Å². The molecule has 0 atom stereocenters. The standard InChI is InChI=1S/C13H12Cl2FN3/c1-2-4-8-12(15)17-7-18-13(8)19-10-6-3-5-9(14)11(10)16/h3,5-7H,2,4H2,1H3,(H,17,18,19). The third-order valence-corrected chi connectivity index (χ3v) is 3.22. The summed E-state index contributed by atoms with van der Waals surface area (Å²) in [5.74, 6) is -0.00985. The van der Waals surface area contributed by atoms with Crippen molar-refractivity contribution >= 4 is 34.7 Å². The largest absolute Gasteiger partial charge is 0.337 e. The van der Waals surface area contributed by atoms with Crippen LogP contribution in [0.4, 0.5) is 15.9 Å². The topological polar surface area (TPSA) is 37.8 Å². The molecule has 0 amide bonds. The summed E-state index contributed by atoms with van der Waals surface area (Å²) in [6.07, 6.45) is 2.94. The van der Waals surface area contributed by atoms with Crippen LogP contribution in [0, 0.1) is 5.82 Å². The molecule has 1 aromatic heterocycles. The van der Waals surface area contributed by atoms with E-state index >= 15 is 0 Å². The number of halogens is 3. The van der Waals surface area contributed by atoms with Gasteiger partial charge in [0.25, 0.3) is 0 Å². The number of hydrogen-bond acceptors (Lipinski definition) is 3. The van der Waals surface area contributed by atoms with Gasteiger partial charge in [0.05, 0.1) is 10.7 Å². The molecule has 0 bridgehead atoms. The summed E-state index contributed by atoms with van der Waals surface area (Å²) in [5.41, 5.74) is 1.03. The van der Waals surface area contributed by atoms with Gasteiger partial charge in [-0.2, -0.15) is 0 Å². The lowest BCUT2D eigenvalue weighted by atomic mass is 10.2. The fourth-order valence-electron chi connectivity index (χ4n) is 1.70. The molecule has 1 N–H and O–H groups in total. The minimum Gasteiger partial charge on any atom is -0.337 e. The van der Waals surface area contributed by atoms with Gasteiger partial charge in [-0.3, -0.25) is 0 Å². The van der Waals surface area contributed by atoms with E-state index in [-0.39, 0.29) is 10.7 Å². The van der Waals surface area contributed by atoms with Crippen LogP contribution in [0.15, 0.2) is 24.5 Å². The van der Waals surface area contributed by atoms with E-state index in [2.05, 4.69) is 15.3 Å².